The molecule has 2 aromatic rings. The van der Waals surface area contributed by atoms with Crippen molar-refractivity contribution in [2.75, 3.05) is 10.5 Å². The first kappa shape index (κ1) is 14.7. The number of nitrogens with two attached hydrogens (primary N) is 1. The van der Waals surface area contributed by atoms with Crippen LogP contribution in [0.15, 0.2) is 25.4 Å². The van der Waals surface area contributed by atoms with E-state index in [1.165, 1.54) is 0 Å². The van der Waals surface area contributed by atoms with Crippen LogP contribution < -0.4 is 10.5 Å². The Balaban J connectivity index is 2.41. The van der Waals surface area contributed by atoms with Crippen LogP contribution in [0.2, 0.25) is 0 Å². The highest BCUT2D eigenvalue weighted by Gasteiger charge is 2.22. The Morgan fingerprint density at radius 2 is 1.84 bits per heavy atom. The van der Waals surface area contributed by atoms with Crippen LogP contribution in [-0.4, -0.2) is 18.6 Å². The van der Waals surface area contributed by atoms with E-state index < -0.39 is 10.0 Å². The number of halogens is 2. The maximum Gasteiger partial charge on any atom is 0.291 e. The third kappa shape index (κ3) is 3.25. The summed E-state index contributed by atoms with van der Waals surface area (Å²) < 4.78 is 27.7. The molecule has 2 rings (SSSR count). The summed E-state index contributed by atoms with van der Waals surface area (Å²) in [5.41, 5.74) is 6.77. The van der Waals surface area contributed by atoms with Gasteiger partial charge in [0.15, 0.2) is 0 Å². The first-order valence-corrected chi connectivity index (χ1v) is 8.75. The van der Waals surface area contributed by atoms with Crippen molar-refractivity contribution in [3.63, 3.8) is 0 Å². The zero-order valence-electron chi connectivity index (χ0n) is 9.52. The number of benzene rings is 1. The van der Waals surface area contributed by atoms with E-state index >= 15 is 0 Å². The summed E-state index contributed by atoms with van der Waals surface area (Å²) in [6.45, 7) is 1.90. The van der Waals surface area contributed by atoms with Gasteiger partial charge in [-0.05, 0) is 56.5 Å². The predicted octanol–water partition coefficient (Wildman–Crippen LogP) is 2.75. The molecule has 1 aromatic carbocycles. The van der Waals surface area contributed by atoms with Crippen molar-refractivity contribution in [1.82, 2.24) is 10.2 Å². The van der Waals surface area contributed by atoms with Crippen LogP contribution in [0.4, 0.5) is 10.8 Å². The van der Waals surface area contributed by atoms with Crippen molar-refractivity contribution >= 4 is 64.0 Å². The van der Waals surface area contributed by atoms with Gasteiger partial charge in [0.1, 0.15) is 0 Å². The van der Waals surface area contributed by atoms with Gasteiger partial charge in [-0.15, -0.1) is 10.2 Å². The Hall–Kier alpha value is -0.710. The maximum absolute atomic E-state index is 12.1. The van der Waals surface area contributed by atoms with Crippen molar-refractivity contribution in [2.45, 2.75) is 11.3 Å². The van der Waals surface area contributed by atoms with Gasteiger partial charge in [0.2, 0.25) is 5.13 Å². The van der Waals surface area contributed by atoms with Crippen molar-refractivity contribution in [1.29, 1.82) is 0 Å². The Kier molecular flexibility index (Phi) is 4.14. The number of anilines is 2. The summed E-state index contributed by atoms with van der Waals surface area (Å²) in [6, 6.07) is 3.61. The highest BCUT2D eigenvalue weighted by Crippen LogP contribution is 2.34. The number of nitrogens with zero attached hydrogens (tertiary/aromatic N) is 2. The zero-order chi connectivity index (χ0) is 14.2. The number of hydrogen-bond acceptors (Lipinski definition) is 6. The normalized spacial score (nSPS) is 11.5. The van der Waals surface area contributed by atoms with Crippen LogP contribution in [0.25, 0.3) is 0 Å². The molecule has 6 nitrogen and oxygen atoms in total. The van der Waals surface area contributed by atoms with Gasteiger partial charge in [-0.2, -0.15) is 8.42 Å². The molecule has 10 heteroatoms. The average molecular weight is 428 g/mol. The molecule has 0 aliphatic carbocycles. The lowest BCUT2D eigenvalue weighted by Gasteiger charge is -2.10. The molecule has 102 valence electrons. The predicted molar refractivity (Wildman–Crippen MR) is 81.7 cm³/mol. The molecule has 1 aromatic heterocycles. The second-order valence-electron chi connectivity index (χ2n) is 3.62. The lowest BCUT2D eigenvalue weighted by atomic mass is 10.2. The van der Waals surface area contributed by atoms with Crippen LogP contribution in [0.3, 0.4) is 0 Å². The van der Waals surface area contributed by atoms with Gasteiger partial charge >= 0.3 is 0 Å². The first-order chi connectivity index (χ1) is 8.79. The molecule has 0 saturated heterocycles. The number of aromatic nitrogens is 2. The fourth-order valence-electron chi connectivity index (χ4n) is 1.30. The molecule has 0 saturated carbocycles. The SMILES string of the molecule is Cc1cc(Br)c(NS(=O)(=O)c2nnc(N)s2)c(Br)c1. The van der Waals surface area contributed by atoms with Crippen LogP contribution in [-0.2, 0) is 10.0 Å². The van der Waals surface area contributed by atoms with E-state index in [0.717, 1.165) is 16.9 Å². The number of aryl methyl sites for hydroxylation is 1. The Labute approximate surface area is 130 Å². The van der Waals surface area contributed by atoms with E-state index in [0.29, 0.717) is 14.6 Å². The van der Waals surface area contributed by atoms with Crippen molar-refractivity contribution in [2.24, 2.45) is 0 Å². The fraction of sp³-hybridized carbons (Fsp3) is 0.111. The number of sulfonamides is 1. The lowest BCUT2D eigenvalue weighted by molar-refractivity contribution is 0.599. The van der Waals surface area contributed by atoms with E-state index in [1.807, 2.05) is 6.92 Å². The molecule has 0 bridgehead atoms. The molecule has 0 aliphatic rings. The van der Waals surface area contributed by atoms with E-state index in [-0.39, 0.29) is 9.47 Å². The highest BCUT2D eigenvalue weighted by atomic mass is 79.9. The van der Waals surface area contributed by atoms with Crippen LogP contribution in [0.1, 0.15) is 5.56 Å². The largest absolute Gasteiger partial charge is 0.374 e. The first-order valence-electron chi connectivity index (χ1n) is 4.87. The molecule has 0 radical (unpaired) electrons. The third-order valence-electron chi connectivity index (χ3n) is 2.07. The number of rotatable bonds is 3. The quantitative estimate of drug-likeness (QED) is 0.784. The van der Waals surface area contributed by atoms with Crippen molar-refractivity contribution in [3.8, 4) is 0 Å². The summed E-state index contributed by atoms with van der Waals surface area (Å²) >= 11 is 7.43. The molecule has 1 heterocycles. The van der Waals surface area contributed by atoms with Crippen LogP contribution in [0.5, 0.6) is 0 Å². The highest BCUT2D eigenvalue weighted by molar-refractivity contribution is 9.11. The topological polar surface area (TPSA) is 98.0 Å². The minimum Gasteiger partial charge on any atom is -0.374 e. The van der Waals surface area contributed by atoms with Gasteiger partial charge < -0.3 is 5.73 Å². The Morgan fingerprint density at radius 3 is 2.32 bits per heavy atom. The smallest absolute Gasteiger partial charge is 0.291 e. The summed E-state index contributed by atoms with van der Waals surface area (Å²) in [5.74, 6) is 0. The second kappa shape index (κ2) is 5.35. The number of nitrogens with one attached hydrogen (secondary N) is 1. The minimum absolute atomic E-state index is 0.0995. The lowest BCUT2D eigenvalue weighted by Crippen LogP contribution is -2.13. The summed E-state index contributed by atoms with van der Waals surface area (Å²) in [6.07, 6.45) is 0. The van der Waals surface area contributed by atoms with Gasteiger partial charge in [-0.25, -0.2) is 0 Å². The minimum atomic E-state index is -3.80. The Bertz CT molecular complexity index is 707. The van der Waals surface area contributed by atoms with Crippen molar-refractivity contribution < 1.29 is 8.42 Å². The van der Waals surface area contributed by atoms with E-state index in [1.54, 1.807) is 12.1 Å². The van der Waals surface area contributed by atoms with E-state index in [9.17, 15) is 8.42 Å². The summed E-state index contributed by atoms with van der Waals surface area (Å²) in [5, 5.41) is 7.11. The van der Waals surface area contributed by atoms with Gasteiger partial charge in [0.05, 0.1) is 5.69 Å². The molecular weight excluding hydrogens is 420 g/mol. The standard InChI is InChI=1S/C9H8Br2N4O2S2/c1-4-2-5(10)7(6(11)3-4)15-19(16,17)9-14-13-8(12)18-9/h2-3,15H,1H3,(H2,12,13). The third-order valence-corrected chi connectivity index (χ3v) is 5.80. The Morgan fingerprint density at radius 1 is 1.26 bits per heavy atom. The molecule has 0 unspecified atom stereocenters. The molecule has 19 heavy (non-hydrogen) atoms. The summed E-state index contributed by atoms with van der Waals surface area (Å²) in [7, 11) is -3.80. The van der Waals surface area contributed by atoms with Gasteiger partial charge in [-0.3, -0.25) is 4.72 Å². The molecule has 0 spiro atoms. The number of nitrogen functional groups attached to an aromatic ring is 1. The number of hydrogen-bond donors (Lipinski definition) is 2. The van der Waals surface area contributed by atoms with E-state index in [4.69, 9.17) is 5.73 Å². The second-order valence-corrected chi connectivity index (χ2v) is 8.19. The maximum atomic E-state index is 12.1. The molecule has 3 N–H and O–H groups in total. The van der Waals surface area contributed by atoms with Gasteiger partial charge in [0.25, 0.3) is 14.4 Å². The van der Waals surface area contributed by atoms with Gasteiger partial charge in [0, 0.05) is 8.95 Å². The van der Waals surface area contributed by atoms with Crippen LogP contribution >= 0.6 is 43.2 Å². The van der Waals surface area contributed by atoms with E-state index in [2.05, 4.69) is 46.8 Å². The molecular formula is C9H8Br2N4O2S2. The van der Waals surface area contributed by atoms with Crippen molar-refractivity contribution in [3.05, 3.63) is 26.6 Å². The fourth-order valence-corrected chi connectivity index (χ4v) is 5.07. The zero-order valence-corrected chi connectivity index (χ0v) is 14.3. The van der Waals surface area contributed by atoms with Gasteiger partial charge in [-0.1, -0.05) is 11.3 Å². The molecule has 0 atom stereocenters. The molecule has 0 aliphatic heterocycles. The monoisotopic (exact) mass is 426 g/mol. The molecule has 0 amide bonds. The molecule has 0 fully saturated rings. The summed E-state index contributed by atoms with van der Waals surface area (Å²) in [4.78, 5) is 0. The average Bonchev–Trinajstić information content (AvgIpc) is 2.71. The van der Waals surface area contributed by atoms with Crippen LogP contribution in [0, 0.1) is 6.92 Å².